The molecule has 27 heavy (non-hydrogen) atoms. The first kappa shape index (κ1) is 20.2. The Morgan fingerprint density at radius 2 is 1.89 bits per heavy atom. The van der Waals surface area contributed by atoms with Gasteiger partial charge in [-0.05, 0) is 41.7 Å². The zero-order chi connectivity index (χ0) is 19.5. The number of hydrogen-bond acceptors (Lipinski definition) is 4. The monoisotopic (exact) mass is 362 g/mol. The number of unbranched alkanes of at least 4 members (excludes halogenated alkanes) is 1. The summed E-state index contributed by atoms with van der Waals surface area (Å²) >= 11 is 0. The summed E-state index contributed by atoms with van der Waals surface area (Å²) in [6.45, 7) is 3.15. The molecule has 0 bridgehead atoms. The van der Waals surface area contributed by atoms with E-state index in [0.717, 1.165) is 30.4 Å². The predicted octanol–water partition coefficient (Wildman–Crippen LogP) is 3.62. The average molecular weight is 362 g/mol. The van der Waals surface area contributed by atoms with Crippen molar-refractivity contribution in [3.63, 3.8) is 0 Å². The van der Waals surface area contributed by atoms with Crippen LogP contribution in [0.5, 0.6) is 0 Å². The summed E-state index contributed by atoms with van der Waals surface area (Å²) in [5.41, 5.74) is 9.66. The zero-order valence-electron chi connectivity index (χ0n) is 15.7. The molecular weight excluding hydrogens is 336 g/mol. The zero-order valence-corrected chi connectivity index (χ0v) is 15.7. The predicted molar refractivity (Wildman–Crippen MR) is 109 cm³/mol. The van der Waals surface area contributed by atoms with Crippen molar-refractivity contribution in [3.05, 3.63) is 77.0 Å². The molecule has 0 aliphatic rings. The van der Waals surface area contributed by atoms with Crippen LogP contribution in [0.3, 0.4) is 0 Å². The number of benzene rings is 2. The second kappa shape index (κ2) is 10.8. The van der Waals surface area contributed by atoms with E-state index in [1.807, 2.05) is 54.6 Å². The number of rotatable bonds is 9. The van der Waals surface area contributed by atoms with Crippen molar-refractivity contribution in [2.45, 2.75) is 39.3 Å². The molecule has 0 heterocycles. The molecule has 140 valence electrons. The fraction of sp³-hybridized carbons (Fsp3) is 0.273. The molecule has 0 saturated heterocycles. The van der Waals surface area contributed by atoms with Gasteiger partial charge in [0.15, 0.2) is 0 Å². The second-order valence-corrected chi connectivity index (χ2v) is 6.33. The average Bonchev–Trinajstić information content (AvgIpc) is 2.70. The minimum Gasteiger partial charge on any atom is -0.386 e. The summed E-state index contributed by atoms with van der Waals surface area (Å²) in [5, 5.41) is 15.0. The van der Waals surface area contributed by atoms with Crippen LogP contribution >= 0.6 is 0 Å². The van der Waals surface area contributed by atoms with Crippen LogP contribution in [0.1, 0.15) is 36.5 Å². The Bertz CT molecular complexity index is 819. The van der Waals surface area contributed by atoms with Crippen LogP contribution in [-0.2, 0) is 24.3 Å². The van der Waals surface area contributed by atoms with Crippen molar-refractivity contribution >= 4 is 11.6 Å². The first-order valence-corrected chi connectivity index (χ1v) is 9.18. The second-order valence-electron chi connectivity index (χ2n) is 6.33. The number of carbonyl (C=O) groups is 1. The highest BCUT2D eigenvalue weighted by Gasteiger charge is 2.09. The third kappa shape index (κ3) is 6.61. The smallest absolute Gasteiger partial charge is 0.267 e. The number of amides is 1. The molecule has 0 unspecified atom stereocenters. The first-order chi connectivity index (χ1) is 13.2. The lowest BCUT2D eigenvalue weighted by molar-refractivity contribution is -0.112. The number of nitrogens with two attached hydrogens (primary N) is 1. The molecule has 0 atom stereocenters. The standard InChI is InChI=1S/C22H26N4O/c1-2-3-5-17-8-10-21(11-9-17)26-22(27)20(14-24)16-25-15-19-7-4-6-18(12-19)13-23/h4,6-12,16,25H,2-3,5,13,15,23H2,1H3,(H,26,27)/b20-16-. The lowest BCUT2D eigenvalue weighted by Crippen LogP contribution is -2.16. The number of anilines is 1. The van der Waals surface area contributed by atoms with E-state index >= 15 is 0 Å². The van der Waals surface area contributed by atoms with E-state index in [4.69, 9.17) is 5.73 Å². The molecule has 0 saturated carbocycles. The molecule has 2 aromatic rings. The van der Waals surface area contributed by atoms with Gasteiger partial charge in [0.05, 0.1) is 0 Å². The van der Waals surface area contributed by atoms with Crippen molar-refractivity contribution in [1.29, 1.82) is 5.26 Å². The summed E-state index contributed by atoms with van der Waals surface area (Å²) < 4.78 is 0. The Morgan fingerprint density at radius 1 is 1.15 bits per heavy atom. The Labute approximate surface area is 160 Å². The molecule has 0 aliphatic heterocycles. The molecule has 0 fully saturated rings. The quantitative estimate of drug-likeness (QED) is 0.469. The lowest BCUT2D eigenvalue weighted by Gasteiger charge is -2.07. The number of carbonyl (C=O) groups excluding carboxylic acids is 1. The van der Waals surface area contributed by atoms with E-state index in [1.165, 1.54) is 11.8 Å². The first-order valence-electron chi connectivity index (χ1n) is 9.18. The van der Waals surface area contributed by atoms with Crippen LogP contribution in [0, 0.1) is 11.3 Å². The van der Waals surface area contributed by atoms with E-state index in [2.05, 4.69) is 17.6 Å². The molecular formula is C22H26N4O. The Kier molecular flexibility index (Phi) is 8.08. The Hall–Kier alpha value is -3.10. The highest BCUT2D eigenvalue weighted by molar-refractivity contribution is 6.06. The summed E-state index contributed by atoms with van der Waals surface area (Å²) in [6.07, 6.45) is 4.77. The number of nitrogens with zero attached hydrogens (tertiary/aromatic N) is 1. The number of hydrogen-bond donors (Lipinski definition) is 3. The minimum absolute atomic E-state index is 0.0278. The molecule has 4 N–H and O–H groups in total. The molecule has 2 rings (SSSR count). The number of nitriles is 1. The van der Waals surface area contributed by atoms with Crippen LogP contribution in [0.2, 0.25) is 0 Å². The Morgan fingerprint density at radius 3 is 2.56 bits per heavy atom. The maximum atomic E-state index is 12.3. The van der Waals surface area contributed by atoms with Gasteiger partial charge in [0.25, 0.3) is 5.91 Å². The minimum atomic E-state index is -0.429. The van der Waals surface area contributed by atoms with Gasteiger partial charge >= 0.3 is 0 Å². The molecule has 0 aromatic heterocycles. The van der Waals surface area contributed by atoms with E-state index < -0.39 is 5.91 Å². The van der Waals surface area contributed by atoms with Crippen molar-refractivity contribution in [2.75, 3.05) is 5.32 Å². The van der Waals surface area contributed by atoms with Crippen LogP contribution in [0.25, 0.3) is 0 Å². The topological polar surface area (TPSA) is 90.9 Å². The maximum absolute atomic E-state index is 12.3. The SMILES string of the molecule is CCCCc1ccc(NC(=O)/C(C#N)=C\NCc2cccc(CN)c2)cc1. The van der Waals surface area contributed by atoms with Gasteiger partial charge in [0.2, 0.25) is 0 Å². The van der Waals surface area contributed by atoms with Crippen molar-refractivity contribution in [2.24, 2.45) is 5.73 Å². The molecule has 0 aliphatic carbocycles. The van der Waals surface area contributed by atoms with Gasteiger partial charge in [-0.3, -0.25) is 4.79 Å². The third-order valence-corrected chi connectivity index (χ3v) is 4.18. The number of aryl methyl sites for hydroxylation is 1. The fourth-order valence-electron chi connectivity index (χ4n) is 2.62. The van der Waals surface area contributed by atoms with Gasteiger partial charge in [0, 0.05) is 25.0 Å². The highest BCUT2D eigenvalue weighted by Crippen LogP contribution is 2.13. The van der Waals surface area contributed by atoms with Crippen LogP contribution in [-0.4, -0.2) is 5.91 Å². The van der Waals surface area contributed by atoms with Crippen LogP contribution in [0.4, 0.5) is 5.69 Å². The lowest BCUT2D eigenvalue weighted by atomic mass is 10.1. The summed E-state index contributed by atoms with van der Waals surface area (Å²) in [5.74, 6) is -0.429. The van der Waals surface area contributed by atoms with Crippen molar-refractivity contribution in [3.8, 4) is 6.07 Å². The highest BCUT2D eigenvalue weighted by atomic mass is 16.1. The normalized spacial score (nSPS) is 10.9. The number of nitrogens with one attached hydrogen (secondary N) is 2. The van der Waals surface area contributed by atoms with Crippen molar-refractivity contribution < 1.29 is 4.79 Å². The van der Waals surface area contributed by atoms with E-state index in [1.54, 1.807) is 0 Å². The molecule has 2 aromatic carbocycles. The van der Waals surface area contributed by atoms with Crippen molar-refractivity contribution in [1.82, 2.24) is 5.32 Å². The molecule has 0 radical (unpaired) electrons. The van der Waals surface area contributed by atoms with Gasteiger partial charge in [-0.25, -0.2) is 0 Å². The third-order valence-electron chi connectivity index (χ3n) is 4.18. The van der Waals surface area contributed by atoms with Gasteiger partial charge in [-0.15, -0.1) is 0 Å². The van der Waals surface area contributed by atoms with Gasteiger partial charge in [-0.2, -0.15) is 5.26 Å². The van der Waals surface area contributed by atoms with Crippen LogP contribution < -0.4 is 16.4 Å². The van der Waals surface area contributed by atoms with E-state index in [-0.39, 0.29) is 5.57 Å². The van der Waals surface area contributed by atoms with Gasteiger partial charge in [0.1, 0.15) is 11.6 Å². The van der Waals surface area contributed by atoms with Gasteiger partial charge in [-0.1, -0.05) is 49.7 Å². The van der Waals surface area contributed by atoms with Crippen LogP contribution in [0.15, 0.2) is 60.3 Å². The fourth-order valence-corrected chi connectivity index (χ4v) is 2.62. The van der Waals surface area contributed by atoms with E-state index in [0.29, 0.717) is 18.8 Å². The Balaban J connectivity index is 1.92. The molecule has 1 amide bonds. The summed E-state index contributed by atoms with van der Waals surface area (Å²) in [4.78, 5) is 12.3. The largest absolute Gasteiger partial charge is 0.386 e. The van der Waals surface area contributed by atoms with E-state index in [9.17, 15) is 10.1 Å². The molecule has 5 nitrogen and oxygen atoms in total. The molecule has 0 spiro atoms. The van der Waals surface area contributed by atoms with Gasteiger partial charge < -0.3 is 16.4 Å². The maximum Gasteiger partial charge on any atom is 0.267 e. The summed E-state index contributed by atoms with van der Waals surface area (Å²) in [6, 6.07) is 17.5. The summed E-state index contributed by atoms with van der Waals surface area (Å²) in [7, 11) is 0. The molecule has 5 heteroatoms.